The number of amides is 4. The molecule has 9 nitrogen and oxygen atoms in total. The van der Waals surface area contributed by atoms with E-state index in [9.17, 15) is 24.5 Å². The van der Waals surface area contributed by atoms with Crippen LogP contribution in [-0.2, 0) is 16.0 Å². The van der Waals surface area contributed by atoms with Crippen molar-refractivity contribution < 1.29 is 19.3 Å². The molecule has 0 aliphatic carbocycles. The van der Waals surface area contributed by atoms with Gasteiger partial charge in [-0.3, -0.25) is 29.9 Å². The maximum atomic E-state index is 13.9. The SMILES string of the molecule is CCN1c2ccc([N+](=O)[O-])cc2C[C@]2(C(=O)NC(=O)N(C(C)C)C2=O)[C@@H]1c1ccccc1. The molecule has 4 amide bonds. The van der Waals surface area contributed by atoms with Crippen molar-refractivity contribution in [2.24, 2.45) is 5.41 Å². The summed E-state index contributed by atoms with van der Waals surface area (Å²) in [5.41, 5.74) is 0.229. The first-order valence-electron chi connectivity index (χ1n) is 10.5. The van der Waals surface area contributed by atoms with Crippen molar-refractivity contribution in [3.8, 4) is 0 Å². The number of nitro benzene ring substituents is 1. The van der Waals surface area contributed by atoms with E-state index in [1.54, 1.807) is 19.9 Å². The molecule has 4 rings (SSSR count). The zero-order chi connectivity index (χ0) is 23.2. The highest BCUT2D eigenvalue weighted by molar-refractivity contribution is 6.20. The van der Waals surface area contributed by atoms with E-state index in [1.165, 1.54) is 12.1 Å². The second-order valence-electron chi connectivity index (χ2n) is 8.35. The molecular weight excluding hydrogens is 412 g/mol. The van der Waals surface area contributed by atoms with Crippen molar-refractivity contribution in [3.05, 3.63) is 69.8 Å². The van der Waals surface area contributed by atoms with Crippen molar-refractivity contribution >= 4 is 29.2 Å². The second-order valence-corrected chi connectivity index (χ2v) is 8.35. The maximum Gasteiger partial charge on any atom is 0.331 e. The fraction of sp³-hybridized carbons (Fsp3) is 0.348. The van der Waals surface area contributed by atoms with Gasteiger partial charge in [0.25, 0.3) is 5.69 Å². The van der Waals surface area contributed by atoms with E-state index in [4.69, 9.17) is 0 Å². The molecule has 0 aromatic heterocycles. The van der Waals surface area contributed by atoms with Gasteiger partial charge in [0.1, 0.15) is 0 Å². The molecule has 0 radical (unpaired) electrons. The predicted octanol–water partition coefficient (Wildman–Crippen LogP) is 3.19. The summed E-state index contributed by atoms with van der Waals surface area (Å²) in [7, 11) is 0. The van der Waals surface area contributed by atoms with Gasteiger partial charge in [0.15, 0.2) is 5.41 Å². The van der Waals surface area contributed by atoms with Gasteiger partial charge in [-0.1, -0.05) is 30.3 Å². The summed E-state index contributed by atoms with van der Waals surface area (Å²) < 4.78 is 0. The van der Waals surface area contributed by atoms with Crippen LogP contribution in [-0.4, -0.2) is 40.3 Å². The van der Waals surface area contributed by atoms with E-state index in [0.29, 0.717) is 12.1 Å². The molecule has 2 aromatic carbocycles. The molecule has 0 saturated carbocycles. The van der Waals surface area contributed by atoms with Gasteiger partial charge >= 0.3 is 6.03 Å². The summed E-state index contributed by atoms with van der Waals surface area (Å²) in [6, 6.07) is 11.8. The molecule has 9 heteroatoms. The molecule has 32 heavy (non-hydrogen) atoms. The van der Waals surface area contributed by atoms with Crippen LogP contribution in [0.1, 0.15) is 37.9 Å². The first kappa shape index (κ1) is 21.5. The van der Waals surface area contributed by atoms with E-state index in [0.717, 1.165) is 16.2 Å². The summed E-state index contributed by atoms with van der Waals surface area (Å²) in [4.78, 5) is 53.8. The lowest BCUT2D eigenvalue weighted by atomic mass is 9.66. The lowest BCUT2D eigenvalue weighted by Gasteiger charge is -2.52. The zero-order valence-electron chi connectivity index (χ0n) is 18.1. The molecule has 1 saturated heterocycles. The minimum absolute atomic E-state index is 0.0543. The Kier molecular flexibility index (Phi) is 5.20. The summed E-state index contributed by atoms with van der Waals surface area (Å²) in [6.07, 6.45) is -0.0543. The normalized spacial score (nSPS) is 22.9. The molecule has 2 heterocycles. The van der Waals surface area contributed by atoms with E-state index >= 15 is 0 Å². The standard InChI is InChI=1S/C23H24N4O5/c1-4-25-18-11-10-17(27(31)32)12-16(18)13-23(19(25)15-8-6-5-7-9-15)20(28)24-22(30)26(14(2)3)21(23)29/h5-12,14,19H,4,13H2,1-3H3,(H,24,28,30)/t19-,23+/m0/s1. The highest BCUT2D eigenvalue weighted by Gasteiger charge is 2.62. The van der Waals surface area contributed by atoms with E-state index in [-0.39, 0.29) is 12.1 Å². The van der Waals surface area contributed by atoms with Crippen molar-refractivity contribution in [1.29, 1.82) is 0 Å². The third kappa shape index (κ3) is 3.04. The molecule has 1 spiro atoms. The Morgan fingerprint density at radius 3 is 2.44 bits per heavy atom. The summed E-state index contributed by atoms with van der Waals surface area (Å²) in [5, 5.41) is 13.8. The predicted molar refractivity (Wildman–Crippen MR) is 117 cm³/mol. The highest BCUT2D eigenvalue weighted by atomic mass is 16.6. The lowest BCUT2D eigenvalue weighted by molar-refractivity contribution is -0.384. The van der Waals surface area contributed by atoms with Crippen molar-refractivity contribution in [3.63, 3.8) is 0 Å². The number of rotatable bonds is 4. The summed E-state index contributed by atoms with van der Waals surface area (Å²) >= 11 is 0. The molecule has 1 N–H and O–H groups in total. The Hall–Kier alpha value is -3.75. The Morgan fingerprint density at radius 2 is 1.84 bits per heavy atom. The minimum atomic E-state index is -1.65. The molecule has 2 aliphatic heterocycles. The number of benzene rings is 2. The van der Waals surface area contributed by atoms with Gasteiger partial charge in [-0.15, -0.1) is 0 Å². The largest absolute Gasteiger partial charge is 0.363 e. The average molecular weight is 436 g/mol. The van der Waals surface area contributed by atoms with Crippen LogP contribution in [0.15, 0.2) is 48.5 Å². The van der Waals surface area contributed by atoms with Crippen LogP contribution in [0.3, 0.4) is 0 Å². The Balaban J connectivity index is 2.01. The van der Waals surface area contributed by atoms with Gasteiger partial charge < -0.3 is 4.90 Å². The van der Waals surface area contributed by atoms with Crippen LogP contribution in [0, 0.1) is 15.5 Å². The minimum Gasteiger partial charge on any atom is -0.363 e. The van der Waals surface area contributed by atoms with Crippen LogP contribution in [0.2, 0.25) is 0 Å². The van der Waals surface area contributed by atoms with Crippen LogP contribution in [0.5, 0.6) is 0 Å². The van der Waals surface area contributed by atoms with Gasteiger partial charge in [0.05, 0.1) is 11.0 Å². The number of carbonyl (C=O) groups is 3. The number of urea groups is 1. The number of nitro groups is 1. The van der Waals surface area contributed by atoms with Gasteiger partial charge in [-0.2, -0.15) is 0 Å². The van der Waals surface area contributed by atoms with Gasteiger partial charge in [-0.05, 0) is 38.0 Å². The second kappa shape index (κ2) is 7.74. The number of barbiturate groups is 1. The molecular formula is C23H24N4O5. The zero-order valence-corrected chi connectivity index (χ0v) is 18.1. The first-order valence-corrected chi connectivity index (χ1v) is 10.5. The smallest absolute Gasteiger partial charge is 0.331 e. The molecule has 2 atom stereocenters. The number of nitrogens with zero attached hydrogens (tertiary/aromatic N) is 3. The molecule has 2 aromatic rings. The highest BCUT2D eigenvalue weighted by Crippen LogP contribution is 2.52. The number of imide groups is 2. The van der Waals surface area contributed by atoms with Gasteiger partial charge in [-0.25, -0.2) is 4.79 Å². The number of carbonyl (C=O) groups excluding carboxylic acids is 3. The first-order chi connectivity index (χ1) is 15.2. The Labute approximate surface area is 185 Å². The monoisotopic (exact) mass is 436 g/mol. The number of fused-ring (bicyclic) bond motifs is 1. The molecule has 0 unspecified atom stereocenters. The van der Waals surface area contributed by atoms with Gasteiger partial charge in [0.2, 0.25) is 11.8 Å². The molecule has 0 bridgehead atoms. The number of nitrogens with one attached hydrogen (secondary N) is 1. The van der Waals surface area contributed by atoms with Crippen molar-refractivity contribution in [1.82, 2.24) is 10.2 Å². The Morgan fingerprint density at radius 1 is 1.16 bits per heavy atom. The topological polar surface area (TPSA) is 113 Å². The van der Waals surface area contributed by atoms with E-state index in [2.05, 4.69) is 5.32 Å². The third-order valence-corrected chi connectivity index (χ3v) is 6.25. The van der Waals surface area contributed by atoms with Crippen LogP contribution in [0.4, 0.5) is 16.2 Å². The van der Waals surface area contributed by atoms with E-state index < -0.39 is 40.3 Å². The maximum absolute atomic E-state index is 13.9. The van der Waals surface area contributed by atoms with Crippen LogP contribution in [0.25, 0.3) is 0 Å². The summed E-state index contributed by atoms with van der Waals surface area (Å²) in [6.45, 7) is 5.76. The molecule has 166 valence electrons. The number of hydrogen-bond acceptors (Lipinski definition) is 6. The Bertz CT molecular complexity index is 1120. The molecule has 1 fully saturated rings. The number of anilines is 1. The van der Waals surface area contributed by atoms with Crippen molar-refractivity contribution in [2.45, 2.75) is 39.3 Å². The van der Waals surface area contributed by atoms with Gasteiger partial charge in [0, 0.05) is 36.8 Å². The fourth-order valence-electron chi connectivity index (χ4n) is 4.90. The average Bonchev–Trinajstić information content (AvgIpc) is 2.76. The number of non-ortho nitro benzene ring substituents is 1. The number of hydrogen-bond donors (Lipinski definition) is 1. The lowest BCUT2D eigenvalue weighted by Crippen LogP contribution is -2.70. The van der Waals surface area contributed by atoms with Crippen molar-refractivity contribution in [2.75, 3.05) is 11.4 Å². The van der Waals surface area contributed by atoms with Crippen LogP contribution >= 0.6 is 0 Å². The van der Waals surface area contributed by atoms with Crippen LogP contribution < -0.4 is 10.2 Å². The third-order valence-electron chi connectivity index (χ3n) is 6.25. The van der Waals surface area contributed by atoms with E-state index in [1.807, 2.05) is 42.2 Å². The fourth-order valence-corrected chi connectivity index (χ4v) is 4.90. The summed E-state index contributed by atoms with van der Waals surface area (Å²) in [5.74, 6) is -1.28. The quantitative estimate of drug-likeness (QED) is 0.447. The molecule has 2 aliphatic rings.